The Bertz CT molecular complexity index is 874. The monoisotopic (exact) mass is 387 g/mol. The Morgan fingerprint density at radius 3 is 2.52 bits per heavy atom. The molecule has 2 aromatic heterocycles. The van der Waals surface area contributed by atoms with E-state index >= 15 is 0 Å². The second kappa shape index (κ2) is 7.55. The molecule has 0 atom stereocenters. The highest BCUT2D eigenvalue weighted by Gasteiger charge is 2.28. The van der Waals surface area contributed by atoms with Gasteiger partial charge in [-0.05, 0) is 44.1 Å². The van der Waals surface area contributed by atoms with Gasteiger partial charge in [0.15, 0.2) is 0 Å². The number of nitrogens with zero attached hydrogens (tertiary/aromatic N) is 3. The van der Waals surface area contributed by atoms with Gasteiger partial charge >= 0.3 is 0 Å². The van der Waals surface area contributed by atoms with Crippen LogP contribution in [0.15, 0.2) is 4.79 Å². The van der Waals surface area contributed by atoms with E-state index in [2.05, 4.69) is 14.8 Å². The second-order valence-corrected chi connectivity index (χ2v) is 9.56. The third kappa shape index (κ3) is 3.21. The topological polar surface area (TPSA) is 54.7 Å². The summed E-state index contributed by atoms with van der Waals surface area (Å²) in [4.78, 5) is 23.8. The maximum atomic E-state index is 13.8. The molecular weight excluding hydrogens is 356 g/mol. The van der Waals surface area contributed by atoms with Crippen LogP contribution in [0.5, 0.6) is 0 Å². The van der Waals surface area contributed by atoms with E-state index in [4.69, 9.17) is 4.98 Å². The molecule has 2 fully saturated rings. The molecule has 1 saturated heterocycles. The lowest BCUT2D eigenvalue weighted by Crippen LogP contribution is -2.90. The maximum absolute atomic E-state index is 13.8. The van der Waals surface area contributed by atoms with Crippen molar-refractivity contribution < 1.29 is 5.32 Å². The van der Waals surface area contributed by atoms with Crippen LogP contribution in [0, 0.1) is 0 Å². The molecular formula is C21H31N4OS+. The molecule has 5 nitrogen and oxygen atoms in total. The Hall–Kier alpha value is -1.40. The quantitative estimate of drug-likeness (QED) is 0.806. The van der Waals surface area contributed by atoms with Crippen LogP contribution in [0.1, 0.15) is 67.8 Å². The number of rotatable bonds is 2. The fraction of sp³-hybridized carbons (Fsp3) is 0.714. The number of quaternary nitrogens is 1. The van der Waals surface area contributed by atoms with Crippen LogP contribution in [-0.4, -0.2) is 35.7 Å². The fourth-order valence-corrected chi connectivity index (χ4v) is 6.47. The fourth-order valence-electron chi connectivity index (χ4n) is 5.23. The van der Waals surface area contributed by atoms with Crippen molar-refractivity contribution in [2.24, 2.45) is 0 Å². The van der Waals surface area contributed by atoms with Crippen LogP contribution in [0.25, 0.3) is 10.2 Å². The summed E-state index contributed by atoms with van der Waals surface area (Å²) < 4.78 is 2.13. The Labute approximate surface area is 164 Å². The van der Waals surface area contributed by atoms with Crippen molar-refractivity contribution in [1.82, 2.24) is 9.55 Å². The molecule has 6 heteroatoms. The molecule has 0 spiro atoms. The molecule has 0 unspecified atom stereocenters. The summed E-state index contributed by atoms with van der Waals surface area (Å²) in [5.41, 5.74) is 1.60. The molecule has 3 aliphatic rings. The van der Waals surface area contributed by atoms with Gasteiger partial charge in [-0.3, -0.25) is 9.36 Å². The zero-order chi connectivity index (χ0) is 18.2. The van der Waals surface area contributed by atoms with Crippen LogP contribution in [0.4, 0.5) is 5.95 Å². The normalized spacial score (nSPS) is 22.0. The van der Waals surface area contributed by atoms with Crippen molar-refractivity contribution in [3.63, 3.8) is 0 Å². The number of nitrogens with two attached hydrogens (primary N) is 1. The summed E-state index contributed by atoms with van der Waals surface area (Å²) in [5.74, 6) is 0.962. The van der Waals surface area contributed by atoms with Gasteiger partial charge in [0.2, 0.25) is 5.95 Å². The van der Waals surface area contributed by atoms with Gasteiger partial charge in [-0.2, -0.15) is 0 Å². The van der Waals surface area contributed by atoms with Crippen LogP contribution in [-0.2, 0) is 12.8 Å². The van der Waals surface area contributed by atoms with Gasteiger partial charge in [0.25, 0.3) is 5.56 Å². The van der Waals surface area contributed by atoms with Crippen molar-refractivity contribution in [2.45, 2.75) is 70.3 Å². The van der Waals surface area contributed by atoms with Gasteiger partial charge < -0.3 is 10.2 Å². The molecule has 27 heavy (non-hydrogen) atoms. The molecule has 5 rings (SSSR count). The Morgan fingerprint density at radius 2 is 1.70 bits per heavy atom. The van der Waals surface area contributed by atoms with E-state index in [1.807, 2.05) is 0 Å². The van der Waals surface area contributed by atoms with Gasteiger partial charge in [0.05, 0.1) is 31.6 Å². The number of piperazine rings is 1. The first-order chi connectivity index (χ1) is 13.3. The van der Waals surface area contributed by atoms with Gasteiger partial charge in [-0.15, -0.1) is 11.3 Å². The Morgan fingerprint density at radius 1 is 0.963 bits per heavy atom. The Kier molecular flexibility index (Phi) is 4.94. The minimum Gasteiger partial charge on any atom is -0.343 e. The molecule has 1 saturated carbocycles. The first-order valence-electron chi connectivity index (χ1n) is 11.0. The number of anilines is 1. The van der Waals surface area contributed by atoms with Crippen LogP contribution < -0.4 is 15.8 Å². The lowest BCUT2D eigenvalue weighted by molar-refractivity contribution is -0.655. The molecule has 1 aliphatic heterocycles. The number of hydrogen-bond acceptors (Lipinski definition) is 4. The molecule has 3 heterocycles. The zero-order valence-electron chi connectivity index (χ0n) is 16.2. The first kappa shape index (κ1) is 17.7. The van der Waals surface area contributed by atoms with Crippen LogP contribution >= 0.6 is 11.3 Å². The molecule has 2 aliphatic carbocycles. The summed E-state index contributed by atoms with van der Waals surface area (Å²) in [7, 11) is 0. The Balaban J connectivity index is 1.70. The van der Waals surface area contributed by atoms with E-state index in [0.717, 1.165) is 68.0 Å². The standard InChI is InChI=1S/C21H30N4OS/c26-20-18-16-9-5-2-6-10-17(16)27-19(18)23-21(24-13-11-22-12-14-24)25(20)15-7-3-1-4-8-15/h15,22H,1-14H2/p+1. The second-order valence-electron chi connectivity index (χ2n) is 8.48. The summed E-state index contributed by atoms with van der Waals surface area (Å²) in [6.45, 7) is 4.19. The molecule has 146 valence electrons. The highest BCUT2D eigenvalue weighted by molar-refractivity contribution is 7.18. The van der Waals surface area contributed by atoms with Gasteiger partial charge in [0, 0.05) is 10.9 Å². The molecule has 0 aromatic carbocycles. The maximum Gasteiger partial charge on any atom is 0.264 e. The number of fused-ring (bicyclic) bond motifs is 3. The van der Waals surface area contributed by atoms with E-state index in [0.29, 0.717) is 6.04 Å². The predicted molar refractivity (Wildman–Crippen MR) is 111 cm³/mol. The van der Waals surface area contributed by atoms with E-state index < -0.39 is 0 Å². The van der Waals surface area contributed by atoms with Crippen molar-refractivity contribution >= 4 is 27.5 Å². The molecule has 0 radical (unpaired) electrons. The van der Waals surface area contributed by atoms with Crippen molar-refractivity contribution in [3.8, 4) is 0 Å². The summed E-state index contributed by atoms with van der Waals surface area (Å²) >= 11 is 1.80. The van der Waals surface area contributed by atoms with Gasteiger partial charge in [-0.1, -0.05) is 25.7 Å². The molecule has 2 N–H and O–H groups in total. The van der Waals surface area contributed by atoms with E-state index in [-0.39, 0.29) is 5.56 Å². The number of hydrogen-bond donors (Lipinski definition) is 1. The molecule has 0 bridgehead atoms. The van der Waals surface area contributed by atoms with Crippen LogP contribution in [0.2, 0.25) is 0 Å². The highest BCUT2D eigenvalue weighted by atomic mass is 32.1. The first-order valence-corrected chi connectivity index (χ1v) is 11.8. The SMILES string of the molecule is O=c1c2c3c(sc2nc(N2CC[NH2+]CC2)n1C1CCCCC1)CCCCC3. The molecule has 2 aromatic rings. The van der Waals surface area contributed by atoms with Gasteiger partial charge in [0.1, 0.15) is 4.83 Å². The van der Waals surface area contributed by atoms with Crippen molar-refractivity contribution in [2.75, 3.05) is 31.1 Å². The average Bonchev–Trinajstić information content (AvgIpc) is 2.91. The number of aryl methyl sites for hydroxylation is 2. The summed E-state index contributed by atoms with van der Waals surface area (Å²) in [5, 5.41) is 3.33. The lowest BCUT2D eigenvalue weighted by Gasteiger charge is -2.32. The number of thiophene rings is 1. The smallest absolute Gasteiger partial charge is 0.264 e. The van der Waals surface area contributed by atoms with E-state index in [1.165, 1.54) is 49.0 Å². The minimum atomic E-state index is 0.260. The summed E-state index contributed by atoms with van der Waals surface area (Å²) in [6.07, 6.45) is 12.0. The molecule has 0 amide bonds. The van der Waals surface area contributed by atoms with E-state index in [9.17, 15) is 4.79 Å². The lowest BCUT2D eigenvalue weighted by atomic mass is 9.95. The van der Waals surface area contributed by atoms with Crippen LogP contribution in [0.3, 0.4) is 0 Å². The summed E-state index contributed by atoms with van der Waals surface area (Å²) in [6, 6.07) is 0.338. The predicted octanol–water partition coefficient (Wildman–Crippen LogP) is 2.62. The number of aromatic nitrogens is 2. The van der Waals surface area contributed by atoms with Crippen molar-refractivity contribution in [1.29, 1.82) is 0 Å². The third-order valence-electron chi connectivity index (χ3n) is 6.68. The largest absolute Gasteiger partial charge is 0.343 e. The zero-order valence-corrected chi connectivity index (χ0v) is 17.0. The average molecular weight is 388 g/mol. The third-order valence-corrected chi connectivity index (χ3v) is 7.87. The van der Waals surface area contributed by atoms with Crippen molar-refractivity contribution in [3.05, 3.63) is 20.8 Å². The van der Waals surface area contributed by atoms with E-state index in [1.54, 1.807) is 11.3 Å². The minimum absolute atomic E-state index is 0.260. The highest BCUT2D eigenvalue weighted by Crippen LogP contribution is 2.36. The van der Waals surface area contributed by atoms with Gasteiger partial charge in [-0.25, -0.2) is 4.98 Å².